The maximum Gasteiger partial charge on any atom is 0.317 e. The zero-order valence-corrected chi connectivity index (χ0v) is 16.5. The molecule has 0 atom stereocenters. The van der Waals surface area contributed by atoms with Gasteiger partial charge in [0.05, 0.1) is 7.11 Å². The van der Waals surface area contributed by atoms with Crippen molar-refractivity contribution in [2.24, 2.45) is 0 Å². The number of ether oxygens (including phenoxy) is 1. The lowest BCUT2D eigenvalue weighted by molar-refractivity contribution is 0.0762. The average molecular weight is 373 g/mol. The van der Waals surface area contributed by atoms with E-state index in [0.29, 0.717) is 37.8 Å². The first-order chi connectivity index (χ1) is 13.1. The smallest absolute Gasteiger partial charge is 0.317 e. The molecule has 6 nitrogen and oxygen atoms in total. The van der Waals surface area contributed by atoms with E-state index in [1.165, 1.54) is 12.8 Å². The van der Waals surface area contributed by atoms with Crippen LogP contribution in [0.4, 0.5) is 4.79 Å². The van der Waals surface area contributed by atoms with Gasteiger partial charge < -0.3 is 19.9 Å². The number of carbonyl (C=O) groups excluding carboxylic acids is 2. The fraction of sp³-hybridized carbons (Fsp3) is 0.619. The zero-order valence-electron chi connectivity index (χ0n) is 16.5. The summed E-state index contributed by atoms with van der Waals surface area (Å²) in [6.45, 7) is 4.59. The summed E-state index contributed by atoms with van der Waals surface area (Å²) in [5.41, 5.74) is 1.73. The van der Waals surface area contributed by atoms with Crippen LogP contribution in [0.1, 0.15) is 54.9 Å². The minimum atomic E-state index is 0.0221. The van der Waals surface area contributed by atoms with E-state index in [9.17, 15) is 9.59 Å². The molecule has 0 spiro atoms. The predicted octanol–water partition coefficient (Wildman–Crippen LogP) is 3.06. The quantitative estimate of drug-likeness (QED) is 0.882. The maximum absolute atomic E-state index is 12.9. The Morgan fingerprint density at radius 2 is 1.78 bits per heavy atom. The highest BCUT2D eigenvalue weighted by molar-refractivity contribution is 5.94. The Hall–Kier alpha value is -2.24. The molecular weight excluding hydrogens is 342 g/mol. The minimum Gasteiger partial charge on any atom is -0.496 e. The number of hydrogen-bond acceptors (Lipinski definition) is 3. The molecular formula is C21H31N3O3. The zero-order chi connectivity index (χ0) is 19.2. The molecule has 0 radical (unpaired) electrons. The van der Waals surface area contributed by atoms with Gasteiger partial charge in [-0.15, -0.1) is 0 Å². The molecule has 1 saturated carbocycles. The van der Waals surface area contributed by atoms with Gasteiger partial charge in [0, 0.05) is 37.8 Å². The standard InChI is InChI=1S/C21H31N3O3/c1-3-16-15-17(9-10-19(16)27-2)20(25)23-11-6-12-24(14-13-23)21(26)22-18-7-4-5-8-18/h9-10,15,18H,3-8,11-14H2,1-2H3,(H,22,26). The van der Waals surface area contributed by atoms with E-state index < -0.39 is 0 Å². The van der Waals surface area contributed by atoms with Crippen LogP contribution in [0.15, 0.2) is 18.2 Å². The van der Waals surface area contributed by atoms with Crippen molar-refractivity contribution < 1.29 is 14.3 Å². The van der Waals surface area contributed by atoms with Gasteiger partial charge >= 0.3 is 6.03 Å². The number of urea groups is 1. The third-order valence-corrected chi connectivity index (χ3v) is 5.66. The highest BCUT2D eigenvalue weighted by Gasteiger charge is 2.25. The van der Waals surface area contributed by atoms with Crippen molar-refractivity contribution in [3.8, 4) is 5.75 Å². The normalized spacial score (nSPS) is 18.3. The van der Waals surface area contributed by atoms with Crippen molar-refractivity contribution in [3.63, 3.8) is 0 Å². The molecule has 0 aromatic heterocycles. The van der Waals surface area contributed by atoms with Crippen LogP contribution in [0.3, 0.4) is 0 Å². The Kier molecular flexibility index (Phi) is 6.58. The van der Waals surface area contributed by atoms with E-state index in [2.05, 4.69) is 12.2 Å². The first-order valence-electron chi connectivity index (χ1n) is 10.1. The van der Waals surface area contributed by atoms with Crippen molar-refractivity contribution in [3.05, 3.63) is 29.3 Å². The number of aryl methyl sites for hydroxylation is 1. The molecule has 3 amide bonds. The van der Waals surface area contributed by atoms with E-state index in [1.807, 2.05) is 28.0 Å². The predicted molar refractivity (Wildman–Crippen MR) is 105 cm³/mol. The van der Waals surface area contributed by atoms with E-state index in [-0.39, 0.29) is 11.9 Å². The second kappa shape index (κ2) is 9.11. The lowest BCUT2D eigenvalue weighted by atomic mass is 10.1. The minimum absolute atomic E-state index is 0.0221. The molecule has 1 aromatic rings. The average Bonchev–Trinajstić information content (AvgIpc) is 3.07. The Morgan fingerprint density at radius 1 is 1.07 bits per heavy atom. The number of rotatable bonds is 4. The number of nitrogens with one attached hydrogen (secondary N) is 1. The van der Waals surface area contributed by atoms with Gasteiger partial charge in [-0.25, -0.2) is 4.79 Å². The molecule has 27 heavy (non-hydrogen) atoms. The summed E-state index contributed by atoms with van der Waals surface area (Å²) in [6, 6.07) is 5.97. The third-order valence-electron chi connectivity index (χ3n) is 5.66. The molecule has 6 heteroatoms. The fourth-order valence-corrected chi connectivity index (χ4v) is 4.03. The molecule has 1 aliphatic heterocycles. The Bertz CT molecular complexity index is 671. The van der Waals surface area contributed by atoms with Crippen molar-refractivity contribution in [1.82, 2.24) is 15.1 Å². The van der Waals surface area contributed by atoms with Gasteiger partial charge in [-0.2, -0.15) is 0 Å². The van der Waals surface area contributed by atoms with Crippen molar-refractivity contribution in [2.45, 2.75) is 51.5 Å². The Balaban J connectivity index is 1.60. The lowest BCUT2D eigenvalue weighted by Gasteiger charge is -2.24. The topological polar surface area (TPSA) is 61.9 Å². The van der Waals surface area contributed by atoms with Crippen LogP contribution in [-0.2, 0) is 6.42 Å². The SMILES string of the molecule is CCc1cc(C(=O)N2CCCN(C(=O)NC3CCCC3)CC2)ccc1OC. The lowest BCUT2D eigenvalue weighted by Crippen LogP contribution is -2.45. The first-order valence-corrected chi connectivity index (χ1v) is 10.1. The van der Waals surface area contributed by atoms with Crippen LogP contribution < -0.4 is 10.1 Å². The summed E-state index contributed by atoms with van der Waals surface area (Å²) in [5, 5.41) is 3.15. The second-order valence-electron chi connectivity index (χ2n) is 7.44. The van der Waals surface area contributed by atoms with Crippen LogP contribution in [-0.4, -0.2) is 61.1 Å². The summed E-state index contributed by atoms with van der Waals surface area (Å²) >= 11 is 0. The summed E-state index contributed by atoms with van der Waals surface area (Å²) in [4.78, 5) is 29.2. The first kappa shape index (κ1) is 19.5. The molecule has 1 saturated heterocycles. The number of amides is 3. The monoisotopic (exact) mass is 373 g/mol. The Morgan fingerprint density at radius 3 is 2.48 bits per heavy atom. The van der Waals surface area contributed by atoms with Crippen LogP contribution >= 0.6 is 0 Å². The van der Waals surface area contributed by atoms with E-state index >= 15 is 0 Å². The highest BCUT2D eigenvalue weighted by atomic mass is 16.5. The number of carbonyl (C=O) groups is 2. The molecule has 1 aliphatic carbocycles. The van der Waals surface area contributed by atoms with Crippen molar-refractivity contribution >= 4 is 11.9 Å². The number of benzene rings is 1. The van der Waals surface area contributed by atoms with Crippen LogP contribution in [0, 0.1) is 0 Å². The molecule has 0 unspecified atom stereocenters. The summed E-state index contributed by atoms with van der Waals surface area (Å²) in [5.74, 6) is 0.852. The number of nitrogens with zero attached hydrogens (tertiary/aromatic N) is 2. The van der Waals surface area contributed by atoms with E-state index in [0.717, 1.165) is 37.0 Å². The van der Waals surface area contributed by atoms with Gasteiger partial charge in [0.2, 0.25) is 0 Å². The molecule has 1 aromatic carbocycles. The Labute approximate surface area is 161 Å². The molecule has 2 fully saturated rings. The van der Waals surface area contributed by atoms with Gasteiger partial charge in [0.1, 0.15) is 5.75 Å². The number of hydrogen-bond donors (Lipinski definition) is 1. The van der Waals surface area contributed by atoms with Gasteiger partial charge in [-0.1, -0.05) is 19.8 Å². The fourth-order valence-electron chi connectivity index (χ4n) is 4.03. The van der Waals surface area contributed by atoms with Crippen molar-refractivity contribution in [2.75, 3.05) is 33.3 Å². The van der Waals surface area contributed by atoms with E-state index in [4.69, 9.17) is 4.74 Å². The van der Waals surface area contributed by atoms with Gasteiger partial charge in [0.15, 0.2) is 0 Å². The molecule has 0 bridgehead atoms. The van der Waals surface area contributed by atoms with Gasteiger partial charge in [0.25, 0.3) is 5.91 Å². The van der Waals surface area contributed by atoms with Crippen LogP contribution in [0.2, 0.25) is 0 Å². The molecule has 1 heterocycles. The summed E-state index contributed by atoms with van der Waals surface area (Å²) in [6.07, 6.45) is 6.20. The molecule has 2 aliphatic rings. The van der Waals surface area contributed by atoms with Crippen LogP contribution in [0.25, 0.3) is 0 Å². The molecule has 148 valence electrons. The molecule has 1 N–H and O–H groups in total. The third kappa shape index (κ3) is 4.73. The second-order valence-corrected chi connectivity index (χ2v) is 7.44. The maximum atomic E-state index is 12.9. The van der Waals surface area contributed by atoms with Gasteiger partial charge in [-0.3, -0.25) is 4.79 Å². The van der Waals surface area contributed by atoms with Crippen molar-refractivity contribution in [1.29, 1.82) is 0 Å². The number of methoxy groups -OCH3 is 1. The van der Waals surface area contributed by atoms with E-state index in [1.54, 1.807) is 7.11 Å². The summed E-state index contributed by atoms with van der Waals surface area (Å²) < 4.78 is 5.36. The van der Waals surface area contributed by atoms with Crippen LogP contribution in [0.5, 0.6) is 5.75 Å². The summed E-state index contributed by atoms with van der Waals surface area (Å²) in [7, 11) is 1.65. The van der Waals surface area contributed by atoms with Gasteiger partial charge in [-0.05, 0) is 49.4 Å². The highest BCUT2D eigenvalue weighted by Crippen LogP contribution is 2.22. The molecule has 3 rings (SSSR count). The largest absolute Gasteiger partial charge is 0.496 e.